The fourth-order valence-electron chi connectivity index (χ4n) is 5.56. The highest BCUT2D eigenvalue weighted by molar-refractivity contribution is 5.80. The Morgan fingerprint density at radius 1 is 1.08 bits per heavy atom. The van der Waals surface area contributed by atoms with E-state index in [1.807, 2.05) is 60.1 Å². The van der Waals surface area contributed by atoms with E-state index in [1.54, 1.807) is 7.11 Å². The summed E-state index contributed by atoms with van der Waals surface area (Å²) in [5.41, 5.74) is 2.59. The molecule has 0 spiro atoms. The normalized spacial score (nSPS) is 14.8. The molecular weight excluding hydrogens is 480 g/mol. The lowest BCUT2D eigenvalue weighted by molar-refractivity contribution is 0.112. The zero-order valence-corrected chi connectivity index (χ0v) is 22.4. The van der Waals surface area contributed by atoms with Crippen LogP contribution in [0.25, 0.3) is 10.9 Å². The number of ether oxygens (including phenoxy) is 2. The number of fused-ring (bicyclic) bond motifs is 1. The van der Waals surface area contributed by atoms with Crippen LogP contribution in [0.2, 0.25) is 0 Å². The first-order valence-electron chi connectivity index (χ1n) is 13.5. The predicted octanol–water partition coefficient (Wildman–Crippen LogP) is 4.87. The minimum Gasteiger partial charge on any atom is -0.497 e. The number of hydrogen-bond donors (Lipinski definition) is 1. The van der Waals surface area contributed by atoms with Crippen LogP contribution in [-0.2, 0) is 13.1 Å². The summed E-state index contributed by atoms with van der Waals surface area (Å²) in [4.78, 5) is 18.7. The Morgan fingerprint density at radius 3 is 2.55 bits per heavy atom. The number of pyridine rings is 1. The van der Waals surface area contributed by atoms with Gasteiger partial charge in [0.1, 0.15) is 11.5 Å². The third kappa shape index (κ3) is 5.57. The van der Waals surface area contributed by atoms with E-state index in [-0.39, 0.29) is 11.6 Å². The van der Waals surface area contributed by atoms with Gasteiger partial charge in [-0.2, -0.15) is 0 Å². The van der Waals surface area contributed by atoms with Gasteiger partial charge in [-0.1, -0.05) is 31.9 Å². The van der Waals surface area contributed by atoms with Gasteiger partial charge in [0.05, 0.1) is 26.3 Å². The number of rotatable bonds is 11. The number of tetrazole rings is 1. The van der Waals surface area contributed by atoms with Gasteiger partial charge in [0.15, 0.2) is 5.82 Å². The fourth-order valence-corrected chi connectivity index (χ4v) is 5.56. The largest absolute Gasteiger partial charge is 0.497 e. The van der Waals surface area contributed by atoms with Gasteiger partial charge >= 0.3 is 0 Å². The van der Waals surface area contributed by atoms with Crippen molar-refractivity contribution in [3.05, 3.63) is 75.8 Å². The number of benzene rings is 2. The quantitative estimate of drug-likeness (QED) is 0.304. The molecule has 2 heterocycles. The summed E-state index contributed by atoms with van der Waals surface area (Å²) in [5.74, 6) is 2.44. The smallest absolute Gasteiger partial charge is 0.252 e. The molecule has 0 amide bonds. The first kappa shape index (κ1) is 25.9. The van der Waals surface area contributed by atoms with Gasteiger partial charge in [-0.15, -0.1) is 5.10 Å². The third-order valence-electron chi connectivity index (χ3n) is 7.49. The third-order valence-corrected chi connectivity index (χ3v) is 7.49. The molecule has 0 saturated heterocycles. The van der Waals surface area contributed by atoms with Gasteiger partial charge in [-0.3, -0.25) is 9.69 Å². The summed E-state index contributed by atoms with van der Waals surface area (Å²) in [6, 6.07) is 16.1. The number of nitrogens with one attached hydrogen (secondary N) is 1. The van der Waals surface area contributed by atoms with Crippen LogP contribution < -0.4 is 15.0 Å². The number of aromatic nitrogens is 5. The molecule has 2 aromatic heterocycles. The molecule has 1 N–H and O–H groups in total. The van der Waals surface area contributed by atoms with Crippen molar-refractivity contribution in [2.45, 2.75) is 71.1 Å². The van der Waals surface area contributed by atoms with Crippen molar-refractivity contribution in [1.82, 2.24) is 30.1 Å². The van der Waals surface area contributed by atoms with Crippen LogP contribution in [0.4, 0.5) is 0 Å². The van der Waals surface area contributed by atoms with E-state index in [0.717, 1.165) is 58.6 Å². The fraction of sp³-hybridized carbons (Fsp3) is 0.448. The van der Waals surface area contributed by atoms with Crippen molar-refractivity contribution < 1.29 is 9.47 Å². The van der Waals surface area contributed by atoms with Crippen LogP contribution in [0.15, 0.2) is 53.3 Å². The van der Waals surface area contributed by atoms with Crippen molar-refractivity contribution >= 4 is 10.9 Å². The molecule has 0 aliphatic heterocycles. The molecule has 0 radical (unpaired) electrons. The molecule has 1 fully saturated rings. The number of H-pyrrole nitrogens is 1. The van der Waals surface area contributed by atoms with Crippen molar-refractivity contribution in [3.63, 3.8) is 0 Å². The molecule has 2 aromatic carbocycles. The van der Waals surface area contributed by atoms with Crippen molar-refractivity contribution in [2.75, 3.05) is 13.7 Å². The molecule has 1 aliphatic rings. The molecule has 4 aromatic rings. The van der Waals surface area contributed by atoms with Gasteiger partial charge in [-0.25, -0.2) is 4.68 Å². The lowest BCUT2D eigenvalue weighted by Gasteiger charge is -2.35. The monoisotopic (exact) mass is 516 g/mol. The molecule has 1 atom stereocenters. The lowest BCUT2D eigenvalue weighted by atomic mass is 10.0. The summed E-state index contributed by atoms with van der Waals surface area (Å²) in [6.45, 7) is 5.83. The molecule has 9 heteroatoms. The zero-order valence-electron chi connectivity index (χ0n) is 22.4. The average Bonchev–Trinajstić information content (AvgIpc) is 3.63. The highest BCUT2D eigenvalue weighted by Crippen LogP contribution is 2.34. The maximum Gasteiger partial charge on any atom is 0.252 e. The maximum absolute atomic E-state index is 13.2. The van der Waals surface area contributed by atoms with E-state index in [1.165, 1.54) is 12.8 Å². The summed E-state index contributed by atoms with van der Waals surface area (Å²) in [6.07, 6.45) is 5.44. The second-order valence-electron chi connectivity index (χ2n) is 9.88. The molecule has 0 unspecified atom stereocenters. The number of methoxy groups -OCH3 is 1. The first-order chi connectivity index (χ1) is 18.6. The van der Waals surface area contributed by atoms with Crippen LogP contribution >= 0.6 is 0 Å². The molecule has 1 aliphatic carbocycles. The number of aromatic amines is 1. The van der Waals surface area contributed by atoms with Crippen molar-refractivity contribution in [2.24, 2.45) is 0 Å². The second kappa shape index (κ2) is 11.8. The Kier molecular flexibility index (Phi) is 8.03. The highest BCUT2D eigenvalue weighted by atomic mass is 16.5. The molecule has 0 bridgehead atoms. The first-order valence-corrected chi connectivity index (χ1v) is 13.5. The van der Waals surface area contributed by atoms with Gasteiger partial charge in [0.25, 0.3) is 5.56 Å². The van der Waals surface area contributed by atoms with Crippen LogP contribution in [0, 0.1) is 0 Å². The highest BCUT2D eigenvalue weighted by Gasteiger charge is 2.32. The molecule has 200 valence electrons. The van der Waals surface area contributed by atoms with Gasteiger partial charge < -0.3 is 14.5 Å². The minimum atomic E-state index is -0.0580. The standard InChI is InChI=1S/C29H36N6O3/c1-4-27(28-31-32-33-35(28)18-20-10-12-24(37-3)13-11-20)34(23-8-6-7-9-23)19-22-16-21-17-25(38-5-2)14-15-26(21)30-29(22)36/h10-17,23,27H,4-9,18-19H2,1-3H3,(H,30,36)/t27-/m1/s1. The molecule has 38 heavy (non-hydrogen) atoms. The van der Waals surface area contributed by atoms with Crippen molar-refractivity contribution in [1.29, 1.82) is 0 Å². The summed E-state index contributed by atoms with van der Waals surface area (Å²) in [7, 11) is 1.66. The average molecular weight is 517 g/mol. The molecular formula is C29H36N6O3. The van der Waals surface area contributed by atoms with Gasteiger partial charge in [-0.05, 0) is 78.6 Å². The second-order valence-corrected chi connectivity index (χ2v) is 9.88. The Balaban J connectivity index is 1.47. The Bertz CT molecular complexity index is 1410. The van der Waals surface area contributed by atoms with Crippen LogP contribution in [-0.4, -0.2) is 49.8 Å². The maximum atomic E-state index is 13.2. The molecule has 9 nitrogen and oxygen atoms in total. The van der Waals surface area contributed by atoms with Gasteiger partial charge in [0.2, 0.25) is 0 Å². The summed E-state index contributed by atoms with van der Waals surface area (Å²) >= 11 is 0. The predicted molar refractivity (Wildman–Crippen MR) is 146 cm³/mol. The lowest BCUT2D eigenvalue weighted by Crippen LogP contribution is -2.39. The van der Waals surface area contributed by atoms with E-state index in [0.29, 0.717) is 25.7 Å². The van der Waals surface area contributed by atoms with E-state index in [2.05, 4.69) is 32.3 Å². The zero-order chi connectivity index (χ0) is 26.5. The molecule has 5 rings (SSSR count). The molecule has 1 saturated carbocycles. The van der Waals surface area contributed by atoms with E-state index in [9.17, 15) is 4.79 Å². The Hall–Kier alpha value is -3.72. The van der Waals surface area contributed by atoms with E-state index in [4.69, 9.17) is 9.47 Å². The Morgan fingerprint density at radius 2 is 1.84 bits per heavy atom. The summed E-state index contributed by atoms with van der Waals surface area (Å²) in [5, 5.41) is 13.8. The van der Waals surface area contributed by atoms with Gasteiger partial charge in [0, 0.05) is 29.1 Å². The number of hydrogen-bond acceptors (Lipinski definition) is 7. The van der Waals surface area contributed by atoms with Crippen LogP contribution in [0.5, 0.6) is 11.5 Å². The van der Waals surface area contributed by atoms with Crippen LogP contribution in [0.3, 0.4) is 0 Å². The Labute approximate surface area is 222 Å². The number of nitrogens with zero attached hydrogens (tertiary/aromatic N) is 5. The van der Waals surface area contributed by atoms with Crippen molar-refractivity contribution in [3.8, 4) is 11.5 Å². The summed E-state index contributed by atoms with van der Waals surface area (Å²) < 4.78 is 12.9. The van der Waals surface area contributed by atoms with Crippen LogP contribution in [0.1, 0.15) is 68.9 Å². The van der Waals surface area contributed by atoms with E-state index >= 15 is 0 Å². The minimum absolute atomic E-state index is 0.0174. The topological polar surface area (TPSA) is 98.2 Å². The van der Waals surface area contributed by atoms with E-state index < -0.39 is 0 Å². The SMILES string of the molecule is CCOc1ccc2[nH]c(=O)c(CN(C3CCCC3)[C@H](CC)c3nnnn3Cc3ccc(OC)cc3)cc2c1.